The highest BCUT2D eigenvalue weighted by Gasteiger charge is 2.74. The second-order valence-corrected chi connectivity index (χ2v) is 12.2. The number of nitrogens with zero attached hydrogens (tertiary/aromatic N) is 1. The predicted molar refractivity (Wildman–Crippen MR) is 150 cm³/mol. The van der Waals surface area contributed by atoms with Crippen LogP contribution in [0.3, 0.4) is 0 Å². The maximum Gasteiger partial charge on any atom is 0.330 e. The zero-order valence-corrected chi connectivity index (χ0v) is 23.6. The lowest BCUT2D eigenvalue weighted by Gasteiger charge is -2.54. The van der Waals surface area contributed by atoms with Gasteiger partial charge in [-0.1, -0.05) is 92.7 Å². The molecule has 7 rings (SSSR count). The van der Waals surface area contributed by atoms with Crippen LogP contribution in [-0.4, -0.2) is 40.6 Å². The van der Waals surface area contributed by atoms with Gasteiger partial charge in [-0.2, -0.15) is 0 Å². The zero-order chi connectivity index (χ0) is 28.6. The van der Waals surface area contributed by atoms with Crippen LogP contribution in [0.15, 0.2) is 78.9 Å². The van der Waals surface area contributed by atoms with Crippen molar-refractivity contribution in [3.05, 3.63) is 107 Å². The molecule has 1 saturated heterocycles. The van der Waals surface area contributed by atoms with Crippen LogP contribution < -0.4 is 0 Å². The normalized spacial score (nSPS) is 27.6. The highest BCUT2D eigenvalue weighted by Crippen LogP contribution is 2.69. The third-order valence-electron chi connectivity index (χ3n) is 8.49. The third kappa shape index (κ3) is 3.42. The Kier molecular flexibility index (Phi) is 6.20. The molecule has 0 N–H and O–H groups in total. The van der Waals surface area contributed by atoms with E-state index in [9.17, 15) is 19.2 Å². The molecule has 0 spiro atoms. The Bertz CT molecular complexity index is 1450. The van der Waals surface area contributed by atoms with E-state index in [0.717, 1.165) is 4.90 Å². The van der Waals surface area contributed by atoms with E-state index >= 15 is 0 Å². The number of esters is 1. The second kappa shape index (κ2) is 9.28. The van der Waals surface area contributed by atoms with Crippen molar-refractivity contribution in [2.75, 3.05) is 0 Å². The molecule has 1 heterocycles. The van der Waals surface area contributed by atoms with E-state index in [0.29, 0.717) is 27.8 Å². The summed E-state index contributed by atoms with van der Waals surface area (Å²) in [5.41, 5.74) is 3.12. The van der Waals surface area contributed by atoms with Crippen molar-refractivity contribution >= 4 is 46.8 Å². The molecule has 0 saturated carbocycles. The van der Waals surface area contributed by atoms with Crippen molar-refractivity contribution in [1.82, 2.24) is 4.90 Å². The van der Waals surface area contributed by atoms with Crippen molar-refractivity contribution in [2.24, 2.45) is 17.8 Å². The Labute approximate surface area is 242 Å². The summed E-state index contributed by atoms with van der Waals surface area (Å²) in [7, 11) is 0. The van der Waals surface area contributed by atoms with Crippen molar-refractivity contribution in [3.8, 4) is 0 Å². The van der Waals surface area contributed by atoms with E-state index in [1.165, 1.54) is 6.92 Å². The fourth-order valence-corrected chi connectivity index (χ4v) is 7.87. The van der Waals surface area contributed by atoms with Crippen molar-refractivity contribution < 1.29 is 23.9 Å². The number of likely N-dealkylation sites (tertiary alicyclic amines) is 1. The topological polar surface area (TPSA) is 80.8 Å². The Morgan fingerprint density at radius 3 is 1.52 bits per heavy atom. The fraction of sp³-hybridized carbons (Fsp3) is 0.312. The Hall–Kier alpha value is -3.48. The molecule has 0 aromatic heterocycles. The van der Waals surface area contributed by atoms with E-state index in [4.69, 9.17) is 27.9 Å². The zero-order valence-electron chi connectivity index (χ0n) is 22.1. The summed E-state index contributed by atoms with van der Waals surface area (Å²) in [5, 5.41) is 0. The minimum Gasteiger partial charge on any atom is -0.453 e. The number of hydrogen-bond acceptors (Lipinski definition) is 5. The maximum atomic E-state index is 14.3. The fourth-order valence-electron chi connectivity index (χ4n) is 6.77. The summed E-state index contributed by atoms with van der Waals surface area (Å²) in [4.78, 5) is 53.4. The van der Waals surface area contributed by atoms with Gasteiger partial charge in [0.2, 0.25) is 17.6 Å². The highest BCUT2D eigenvalue weighted by atomic mass is 35.5. The minimum absolute atomic E-state index is 0.382. The highest BCUT2D eigenvalue weighted by molar-refractivity contribution is 6.36. The Balaban J connectivity index is 1.41. The van der Waals surface area contributed by atoms with E-state index < -0.39 is 57.4 Å². The first kappa shape index (κ1) is 26.7. The van der Waals surface area contributed by atoms with E-state index in [1.807, 2.05) is 48.5 Å². The van der Waals surface area contributed by atoms with Crippen LogP contribution in [-0.2, 0) is 28.9 Å². The molecular weight excluding hydrogens is 549 g/mol. The number of benzene rings is 3. The van der Waals surface area contributed by atoms with Gasteiger partial charge in [0.25, 0.3) is 0 Å². The summed E-state index contributed by atoms with van der Waals surface area (Å²) >= 11 is 15.0. The molecule has 0 radical (unpaired) electrons. The summed E-state index contributed by atoms with van der Waals surface area (Å²) in [6, 6.07) is 21.9. The number of Topliss-reactive ketones (excluding diaryl/α,β-unsaturated/α-hetero) is 1. The van der Waals surface area contributed by atoms with E-state index in [1.54, 1.807) is 44.2 Å². The van der Waals surface area contributed by atoms with Crippen molar-refractivity contribution in [2.45, 2.75) is 42.7 Å². The van der Waals surface area contributed by atoms with Gasteiger partial charge in [-0.15, -0.1) is 23.2 Å². The molecule has 1 fully saturated rings. The number of ketones is 1. The SMILES string of the molecule is CC(C)[C@@H](C(=O)O[C@@H](C)C(=O)c1ccccc1)N1C(=O)[C@H]2[C@H](C1=O)C1(Cl)c3ccccc3C2(Cl)c2ccccc21. The summed E-state index contributed by atoms with van der Waals surface area (Å²) in [6.07, 6.45) is -1.12. The second-order valence-electron chi connectivity index (χ2n) is 11.0. The summed E-state index contributed by atoms with van der Waals surface area (Å²) in [5.74, 6) is -4.91. The van der Waals surface area contributed by atoms with Crippen LogP contribution in [0.5, 0.6) is 0 Å². The number of ether oxygens (including phenoxy) is 1. The van der Waals surface area contributed by atoms with Crippen LogP contribution in [0.25, 0.3) is 0 Å². The molecule has 6 nitrogen and oxygen atoms in total. The van der Waals surface area contributed by atoms with Crippen LogP contribution in [0.1, 0.15) is 53.4 Å². The standard InChI is InChI=1S/C32H27Cl2NO5/c1-17(2)26(30(39)40-18(3)27(36)19-11-5-4-6-12-19)35-28(37)24-25(29(35)38)32(34)21-14-8-7-13-20(21)31(24,33)22-15-9-10-16-23(22)32/h4-18,24-26H,1-3H3/t18-,24+,25+,26-,31?,32?/m0/s1. The van der Waals surface area contributed by atoms with Crippen LogP contribution in [0.2, 0.25) is 0 Å². The van der Waals surface area contributed by atoms with Gasteiger partial charge in [0.1, 0.15) is 15.8 Å². The number of imide groups is 1. The number of rotatable bonds is 6. The van der Waals surface area contributed by atoms with Gasteiger partial charge in [0.05, 0.1) is 11.8 Å². The van der Waals surface area contributed by atoms with E-state index in [2.05, 4.69) is 0 Å². The molecule has 8 heteroatoms. The largest absolute Gasteiger partial charge is 0.453 e. The molecule has 0 unspecified atom stereocenters. The lowest BCUT2D eigenvalue weighted by Crippen LogP contribution is -2.57. The smallest absolute Gasteiger partial charge is 0.330 e. The third-order valence-corrected chi connectivity index (χ3v) is 9.78. The first-order valence-electron chi connectivity index (χ1n) is 13.3. The number of hydrogen-bond donors (Lipinski definition) is 0. The molecular formula is C32H27Cl2NO5. The number of alkyl halides is 2. The molecule has 3 aromatic rings. The monoisotopic (exact) mass is 575 g/mol. The van der Waals surface area contributed by atoms with Gasteiger partial charge in [-0.25, -0.2) is 4.79 Å². The van der Waals surface area contributed by atoms with Gasteiger partial charge >= 0.3 is 5.97 Å². The first-order valence-corrected chi connectivity index (χ1v) is 14.0. The number of halogens is 2. The number of amides is 2. The number of carbonyl (C=O) groups is 4. The van der Waals surface area contributed by atoms with Crippen LogP contribution >= 0.6 is 23.2 Å². The molecule has 4 atom stereocenters. The molecule has 40 heavy (non-hydrogen) atoms. The molecule has 4 aliphatic rings. The molecule has 3 aliphatic carbocycles. The summed E-state index contributed by atoms with van der Waals surface area (Å²) < 4.78 is 5.60. The number of carbonyl (C=O) groups excluding carboxylic acids is 4. The molecule has 2 amide bonds. The minimum atomic E-state index is -1.35. The summed E-state index contributed by atoms with van der Waals surface area (Å²) in [6.45, 7) is 4.93. The lowest BCUT2D eigenvalue weighted by molar-refractivity contribution is -0.162. The molecule has 2 bridgehead atoms. The van der Waals surface area contributed by atoms with Gasteiger partial charge in [-0.3, -0.25) is 19.3 Å². The average Bonchev–Trinajstić information content (AvgIpc) is 3.22. The van der Waals surface area contributed by atoms with E-state index in [-0.39, 0.29) is 5.78 Å². The molecule has 204 valence electrons. The van der Waals surface area contributed by atoms with Gasteiger partial charge in [0, 0.05) is 5.56 Å². The predicted octanol–water partition coefficient (Wildman–Crippen LogP) is 5.42. The van der Waals surface area contributed by atoms with Gasteiger partial charge < -0.3 is 4.74 Å². The Morgan fingerprint density at radius 2 is 1.12 bits per heavy atom. The maximum absolute atomic E-state index is 14.3. The van der Waals surface area contributed by atoms with Gasteiger partial charge in [0.15, 0.2) is 6.10 Å². The molecule has 1 aliphatic heterocycles. The van der Waals surface area contributed by atoms with Crippen LogP contribution in [0, 0.1) is 17.8 Å². The van der Waals surface area contributed by atoms with Gasteiger partial charge in [-0.05, 0) is 35.1 Å². The van der Waals surface area contributed by atoms with Crippen molar-refractivity contribution in [1.29, 1.82) is 0 Å². The first-order chi connectivity index (χ1) is 19.0. The molecule has 3 aromatic carbocycles. The van der Waals surface area contributed by atoms with Crippen molar-refractivity contribution in [3.63, 3.8) is 0 Å². The lowest BCUT2D eigenvalue weighted by atomic mass is 9.54. The van der Waals surface area contributed by atoms with Crippen LogP contribution in [0.4, 0.5) is 0 Å². The average molecular weight is 576 g/mol. The Morgan fingerprint density at radius 1 is 0.725 bits per heavy atom. The quantitative estimate of drug-likeness (QED) is 0.170.